The van der Waals surface area contributed by atoms with Crippen molar-refractivity contribution in [2.75, 3.05) is 10.9 Å². The predicted octanol–water partition coefficient (Wildman–Crippen LogP) is 5.31. The Kier molecular flexibility index (Phi) is 6.19. The number of fused-ring (bicyclic) bond motifs is 3. The lowest BCUT2D eigenvalue weighted by molar-refractivity contribution is 0.104. The maximum Gasteiger partial charge on any atom is 0.513 e. The molecule has 0 unspecified atom stereocenters. The number of carbonyl (C=O) groups is 1. The fourth-order valence-electron chi connectivity index (χ4n) is 3.93. The van der Waals surface area contributed by atoms with Gasteiger partial charge in [-0.05, 0) is 67.9 Å². The van der Waals surface area contributed by atoms with E-state index in [1.54, 1.807) is 35.8 Å². The summed E-state index contributed by atoms with van der Waals surface area (Å²) in [6.45, 7) is 3.73. The summed E-state index contributed by atoms with van der Waals surface area (Å²) in [5, 5.41) is 9.59. The molecule has 0 aliphatic carbocycles. The molecule has 8 nitrogen and oxygen atoms in total. The minimum absolute atomic E-state index is 0.0450. The molecule has 0 N–H and O–H groups in total. The van der Waals surface area contributed by atoms with E-state index in [2.05, 4.69) is 22.0 Å². The summed E-state index contributed by atoms with van der Waals surface area (Å²) in [7, 11) is -4.00. The molecule has 0 saturated carbocycles. The molecule has 1 aromatic heterocycles. The molecule has 10 heteroatoms. The average Bonchev–Trinajstić information content (AvgIpc) is 3.22. The third kappa shape index (κ3) is 3.98. The van der Waals surface area contributed by atoms with E-state index in [4.69, 9.17) is 9.47 Å². The van der Waals surface area contributed by atoms with Crippen LogP contribution in [-0.4, -0.2) is 25.7 Å². The van der Waals surface area contributed by atoms with E-state index in [9.17, 15) is 18.5 Å². The SMILES string of the molecule is CCOC(=O)Oc1ccc(S(=O)(=O)N2c3cc(Br)ccc3-n3c(C#N)ccc3[C@H]2CC)cc1. The Morgan fingerprint density at radius 2 is 1.82 bits per heavy atom. The monoisotopic (exact) mass is 529 g/mol. The van der Waals surface area contributed by atoms with Gasteiger partial charge in [-0.2, -0.15) is 5.26 Å². The molecule has 33 heavy (non-hydrogen) atoms. The van der Waals surface area contributed by atoms with Crippen molar-refractivity contribution in [2.45, 2.75) is 31.2 Å². The fourth-order valence-corrected chi connectivity index (χ4v) is 5.98. The highest BCUT2D eigenvalue weighted by Crippen LogP contribution is 2.45. The van der Waals surface area contributed by atoms with Crippen molar-refractivity contribution in [3.8, 4) is 17.5 Å². The second-order valence-corrected chi connectivity index (χ2v) is 9.94. The molecule has 0 fully saturated rings. The first kappa shape index (κ1) is 22.9. The summed E-state index contributed by atoms with van der Waals surface area (Å²) in [6.07, 6.45) is -0.368. The molecular weight excluding hydrogens is 510 g/mol. The molecule has 0 bridgehead atoms. The lowest BCUT2D eigenvalue weighted by Crippen LogP contribution is -2.39. The molecule has 0 amide bonds. The van der Waals surface area contributed by atoms with E-state index in [0.29, 0.717) is 28.0 Å². The number of hydrogen-bond donors (Lipinski definition) is 0. The lowest BCUT2D eigenvalue weighted by Gasteiger charge is -2.38. The van der Waals surface area contributed by atoms with Crippen molar-refractivity contribution in [1.82, 2.24) is 4.57 Å². The highest BCUT2D eigenvalue weighted by molar-refractivity contribution is 9.10. The second-order valence-electron chi connectivity index (χ2n) is 7.21. The number of rotatable bonds is 5. The summed E-state index contributed by atoms with van der Waals surface area (Å²) in [6, 6.07) is 16.1. The number of carbonyl (C=O) groups excluding carboxylic acids is 1. The average molecular weight is 530 g/mol. The lowest BCUT2D eigenvalue weighted by atomic mass is 10.1. The summed E-state index contributed by atoms with van der Waals surface area (Å²) < 4.78 is 41.4. The van der Waals surface area contributed by atoms with E-state index in [0.717, 1.165) is 5.69 Å². The van der Waals surface area contributed by atoms with E-state index in [-0.39, 0.29) is 17.3 Å². The van der Waals surface area contributed by atoms with Crippen molar-refractivity contribution >= 4 is 37.8 Å². The van der Waals surface area contributed by atoms with Gasteiger partial charge < -0.3 is 14.0 Å². The standard InChI is InChI=1S/C23H20BrN3O5S/c1-3-19-20-12-6-16(14-25)26(20)21-11-5-15(24)13-22(21)27(19)33(29,30)18-9-7-17(8-10-18)32-23(28)31-4-2/h5-13,19H,3-4H2,1-2H3/t19-/m1/s1. The van der Waals surface area contributed by atoms with Crippen LogP contribution in [0.5, 0.6) is 5.75 Å². The van der Waals surface area contributed by atoms with E-state index in [1.807, 2.05) is 13.0 Å². The molecule has 2 heterocycles. The Bertz CT molecular complexity index is 1360. The van der Waals surface area contributed by atoms with Gasteiger partial charge in [0.15, 0.2) is 0 Å². The van der Waals surface area contributed by atoms with E-state index < -0.39 is 22.2 Å². The van der Waals surface area contributed by atoms with E-state index in [1.165, 1.54) is 28.6 Å². The van der Waals surface area contributed by atoms with Crippen LogP contribution in [0.1, 0.15) is 37.7 Å². The van der Waals surface area contributed by atoms with Crippen molar-refractivity contribution in [2.24, 2.45) is 0 Å². The molecule has 0 radical (unpaired) electrons. The Hall–Kier alpha value is -3.29. The van der Waals surface area contributed by atoms with Crippen LogP contribution in [0.25, 0.3) is 5.69 Å². The Morgan fingerprint density at radius 1 is 1.09 bits per heavy atom. The van der Waals surface area contributed by atoms with Crippen LogP contribution in [0.4, 0.5) is 10.5 Å². The van der Waals surface area contributed by atoms with Gasteiger partial charge in [-0.25, -0.2) is 13.2 Å². The Balaban J connectivity index is 1.81. The molecule has 2 aromatic carbocycles. The highest BCUT2D eigenvalue weighted by Gasteiger charge is 2.39. The summed E-state index contributed by atoms with van der Waals surface area (Å²) >= 11 is 3.44. The van der Waals surface area contributed by atoms with Crippen molar-refractivity contribution < 1.29 is 22.7 Å². The molecule has 4 rings (SSSR count). The van der Waals surface area contributed by atoms with Gasteiger partial charge in [0.05, 0.1) is 28.9 Å². The van der Waals surface area contributed by atoms with Crippen molar-refractivity contribution in [1.29, 1.82) is 5.26 Å². The normalized spacial score (nSPS) is 14.7. The van der Waals surface area contributed by atoms with Gasteiger partial charge in [0.1, 0.15) is 17.5 Å². The second kappa shape index (κ2) is 8.92. The molecule has 1 atom stereocenters. The maximum absolute atomic E-state index is 13.9. The minimum Gasteiger partial charge on any atom is -0.434 e. The van der Waals surface area contributed by atoms with Crippen LogP contribution in [0.15, 0.2) is 64.0 Å². The van der Waals surface area contributed by atoms with Gasteiger partial charge in [-0.1, -0.05) is 22.9 Å². The topological polar surface area (TPSA) is 102 Å². The quantitative estimate of drug-likeness (QED) is 0.328. The van der Waals surface area contributed by atoms with Crippen LogP contribution in [-0.2, 0) is 14.8 Å². The van der Waals surface area contributed by atoms with Gasteiger partial charge in [-0.15, -0.1) is 0 Å². The zero-order chi connectivity index (χ0) is 23.8. The number of benzene rings is 2. The van der Waals surface area contributed by atoms with Crippen molar-refractivity contribution in [3.05, 3.63) is 70.5 Å². The first-order valence-electron chi connectivity index (χ1n) is 10.2. The molecule has 3 aromatic rings. The first-order valence-corrected chi connectivity index (χ1v) is 12.5. The fraction of sp³-hybridized carbons (Fsp3) is 0.217. The largest absolute Gasteiger partial charge is 0.513 e. The number of nitrogens with zero attached hydrogens (tertiary/aromatic N) is 3. The Labute approximate surface area is 200 Å². The number of hydrogen-bond acceptors (Lipinski definition) is 6. The number of ether oxygens (including phenoxy) is 2. The Morgan fingerprint density at radius 3 is 2.45 bits per heavy atom. The number of anilines is 1. The minimum atomic E-state index is -4.00. The number of aromatic nitrogens is 1. The molecule has 1 aliphatic rings. The first-order chi connectivity index (χ1) is 15.8. The molecular formula is C23H20BrN3O5S. The smallest absolute Gasteiger partial charge is 0.434 e. The zero-order valence-corrected chi connectivity index (χ0v) is 20.3. The molecule has 0 spiro atoms. The maximum atomic E-state index is 13.9. The molecule has 1 aliphatic heterocycles. The third-order valence-corrected chi connectivity index (χ3v) is 7.63. The van der Waals surface area contributed by atoms with Gasteiger partial charge in [0, 0.05) is 10.2 Å². The van der Waals surface area contributed by atoms with Crippen molar-refractivity contribution in [3.63, 3.8) is 0 Å². The van der Waals surface area contributed by atoms with Gasteiger partial charge in [-0.3, -0.25) is 4.31 Å². The molecule has 170 valence electrons. The number of halogens is 1. The van der Waals surface area contributed by atoms with Crippen LogP contribution < -0.4 is 9.04 Å². The predicted molar refractivity (Wildman–Crippen MR) is 125 cm³/mol. The van der Waals surface area contributed by atoms with Gasteiger partial charge in [0.2, 0.25) is 0 Å². The number of sulfonamides is 1. The van der Waals surface area contributed by atoms with Crippen LogP contribution in [0.3, 0.4) is 0 Å². The summed E-state index contributed by atoms with van der Waals surface area (Å²) in [5.41, 5.74) is 2.22. The molecule has 0 saturated heterocycles. The van der Waals surface area contributed by atoms with E-state index >= 15 is 0 Å². The third-order valence-electron chi connectivity index (χ3n) is 5.30. The van der Waals surface area contributed by atoms with Crippen LogP contribution >= 0.6 is 15.9 Å². The van der Waals surface area contributed by atoms with Crippen LogP contribution in [0, 0.1) is 11.3 Å². The highest BCUT2D eigenvalue weighted by atomic mass is 79.9. The van der Waals surface area contributed by atoms with Crippen LogP contribution in [0.2, 0.25) is 0 Å². The van der Waals surface area contributed by atoms with Gasteiger partial charge >= 0.3 is 6.16 Å². The number of nitriles is 1. The summed E-state index contributed by atoms with van der Waals surface area (Å²) in [5.74, 6) is 0.175. The zero-order valence-electron chi connectivity index (χ0n) is 17.9. The van der Waals surface area contributed by atoms with Gasteiger partial charge in [0.25, 0.3) is 10.0 Å². The summed E-state index contributed by atoms with van der Waals surface area (Å²) in [4.78, 5) is 11.6.